The SMILES string of the molecule is Cc1cc(Br)c(NC(=O)CCC(CCN)C(C)C)c(Br)c1. The summed E-state index contributed by atoms with van der Waals surface area (Å²) in [5.74, 6) is 1.10. The Kier molecular flexibility index (Phi) is 7.92. The molecule has 0 aromatic heterocycles. The maximum atomic E-state index is 12.1. The molecule has 0 heterocycles. The first-order valence-corrected chi connectivity index (χ1v) is 8.89. The Labute approximate surface area is 144 Å². The van der Waals surface area contributed by atoms with Crippen LogP contribution in [0.3, 0.4) is 0 Å². The molecule has 0 saturated carbocycles. The fourth-order valence-corrected chi connectivity index (χ4v) is 3.98. The van der Waals surface area contributed by atoms with Crippen LogP contribution in [0.5, 0.6) is 0 Å². The van der Waals surface area contributed by atoms with Crippen LogP contribution in [0.2, 0.25) is 0 Å². The number of anilines is 1. The van der Waals surface area contributed by atoms with Gasteiger partial charge in [0.1, 0.15) is 0 Å². The number of hydrogen-bond donors (Lipinski definition) is 2. The number of aryl methyl sites for hydroxylation is 1. The molecule has 5 heteroatoms. The smallest absolute Gasteiger partial charge is 0.224 e. The van der Waals surface area contributed by atoms with Gasteiger partial charge in [0, 0.05) is 15.4 Å². The Morgan fingerprint density at radius 2 is 1.81 bits per heavy atom. The average Bonchev–Trinajstić information content (AvgIpc) is 2.38. The molecule has 118 valence electrons. The summed E-state index contributed by atoms with van der Waals surface area (Å²) < 4.78 is 1.79. The lowest BCUT2D eigenvalue weighted by Crippen LogP contribution is -2.18. The molecule has 3 nitrogen and oxygen atoms in total. The largest absolute Gasteiger partial charge is 0.330 e. The normalized spacial score (nSPS) is 12.5. The first-order valence-electron chi connectivity index (χ1n) is 7.30. The molecule has 1 aromatic rings. The molecule has 0 spiro atoms. The summed E-state index contributed by atoms with van der Waals surface area (Å²) in [5.41, 5.74) is 7.57. The molecule has 1 amide bonds. The first-order chi connectivity index (χ1) is 9.85. The molecule has 21 heavy (non-hydrogen) atoms. The Morgan fingerprint density at radius 1 is 1.24 bits per heavy atom. The van der Waals surface area contributed by atoms with Crippen LogP contribution in [0.15, 0.2) is 21.1 Å². The summed E-state index contributed by atoms with van der Waals surface area (Å²) in [6.45, 7) is 7.07. The Morgan fingerprint density at radius 3 is 2.29 bits per heavy atom. The van der Waals surface area contributed by atoms with E-state index in [9.17, 15) is 4.79 Å². The number of carbonyl (C=O) groups is 1. The molecule has 1 aromatic carbocycles. The zero-order valence-electron chi connectivity index (χ0n) is 12.9. The fourth-order valence-electron chi connectivity index (χ4n) is 2.36. The van der Waals surface area contributed by atoms with Crippen molar-refractivity contribution in [1.82, 2.24) is 0 Å². The topological polar surface area (TPSA) is 55.1 Å². The summed E-state index contributed by atoms with van der Waals surface area (Å²) in [7, 11) is 0. The van der Waals surface area contributed by atoms with Crippen molar-refractivity contribution in [1.29, 1.82) is 0 Å². The molecule has 0 radical (unpaired) electrons. The van der Waals surface area contributed by atoms with Crippen LogP contribution in [0.4, 0.5) is 5.69 Å². The third-order valence-electron chi connectivity index (χ3n) is 3.67. The van der Waals surface area contributed by atoms with E-state index in [1.807, 2.05) is 19.1 Å². The van der Waals surface area contributed by atoms with E-state index >= 15 is 0 Å². The standard InChI is InChI=1S/C16H24Br2N2O/c1-10(2)12(6-7-19)4-5-15(21)20-16-13(17)8-11(3)9-14(16)18/h8-10,12H,4-7,19H2,1-3H3,(H,20,21). The van der Waals surface area contributed by atoms with Crippen molar-refractivity contribution >= 4 is 43.5 Å². The predicted octanol–water partition coefficient (Wildman–Crippen LogP) is 4.86. The molecule has 0 fully saturated rings. The second-order valence-electron chi connectivity index (χ2n) is 5.77. The highest BCUT2D eigenvalue weighted by Crippen LogP contribution is 2.32. The van der Waals surface area contributed by atoms with E-state index < -0.39 is 0 Å². The second kappa shape index (κ2) is 8.91. The Balaban J connectivity index is 2.62. The van der Waals surface area contributed by atoms with Crippen molar-refractivity contribution < 1.29 is 4.79 Å². The molecule has 0 bridgehead atoms. The molecule has 0 aliphatic rings. The van der Waals surface area contributed by atoms with Gasteiger partial charge in [-0.2, -0.15) is 0 Å². The summed E-state index contributed by atoms with van der Waals surface area (Å²) in [5, 5.41) is 2.98. The van der Waals surface area contributed by atoms with Gasteiger partial charge in [-0.25, -0.2) is 0 Å². The minimum absolute atomic E-state index is 0.0444. The van der Waals surface area contributed by atoms with Gasteiger partial charge in [0.2, 0.25) is 5.91 Å². The van der Waals surface area contributed by atoms with E-state index in [0.29, 0.717) is 24.8 Å². The molecule has 1 rings (SSSR count). The van der Waals surface area contributed by atoms with Gasteiger partial charge in [-0.3, -0.25) is 4.79 Å². The number of amides is 1. The molecular weight excluding hydrogens is 396 g/mol. The van der Waals surface area contributed by atoms with Crippen LogP contribution in [0.1, 0.15) is 38.7 Å². The molecule has 1 unspecified atom stereocenters. The summed E-state index contributed by atoms with van der Waals surface area (Å²) in [4.78, 5) is 12.1. The van der Waals surface area contributed by atoms with E-state index in [2.05, 4.69) is 51.0 Å². The van der Waals surface area contributed by atoms with E-state index in [0.717, 1.165) is 33.0 Å². The van der Waals surface area contributed by atoms with Crippen molar-refractivity contribution in [3.63, 3.8) is 0 Å². The molecule has 0 saturated heterocycles. The fraction of sp³-hybridized carbons (Fsp3) is 0.562. The Hall–Kier alpha value is -0.390. The monoisotopic (exact) mass is 418 g/mol. The lowest BCUT2D eigenvalue weighted by Gasteiger charge is -2.20. The summed E-state index contributed by atoms with van der Waals surface area (Å²) in [6, 6.07) is 3.98. The number of benzene rings is 1. The van der Waals surface area contributed by atoms with Gasteiger partial charge in [0.05, 0.1) is 5.69 Å². The molecule has 1 atom stereocenters. The van der Waals surface area contributed by atoms with Crippen molar-refractivity contribution in [3.05, 3.63) is 26.6 Å². The van der Waals surface area contributed by atoms with Crippen LogP contribution >= 0.6 is 31.9 Å². The van der Waals surface area contributed by atoms with Crippen molar-refractivity contribution in [2.45, 2.75) is 40.0 Å². The van der Waals surface area contributed by atoms with Crippen LogP contribution in [-0.2, 0) is 4.79 Å². The third-order valence-corrected chi connectivity index (χ3v) is 4.92. The summed E-state index contributed by atoms with van der Waals surface area (Å²) >= 11 is 6.99. The number of halogens is 2. The van der Waals surface area contributed by atoms with Gasteiger partial charge in [-0.1, -0.05) is 13.8 Å². The van der Waals surface area contributed by atoms with E-state index in [1.54, 1.807) is 0 Å². The van der Waals surface area contributed by atoms with Crippen LogP contribution in [-0.4, -0.2) is 12.5 Å². The van der Waals surface area contributed by atoms with E-state index in [1.165, 1.54) is 0 Å². The molecular formula is C16H24Br2N2O. The van der Waals surface area contributed by atoms with E-state index in [4.69, 9.17) is 5.73 Å². The zero-order valence-corrected chi connectivity index (χ0v) is 16.1. The van der Waals surface area contributed by atoms with Gasteiger partial charge >= 0.3 is 0 Å². The first kappa shape index (κ1) is 18.7. The number of carbonyl (C=O) groups excluding carboxylic acids is 1. The Bertz CT molecular complexity index is 466. The maximum Gasteiger partial charge on any atom is 0.224 e. The molecule has 0 aliphatic carbocycles. The van der Waals surface area contributed by atoms with Gasteiger partial charge in [-0.05, 0) is 87.7 Å². The number of hydrogen-bond acceptors (Lipinski definition) is 2. The van der Waals surface area contributed by atoms with Gasteiger partial charge in [-0.15, -0.1) is 0 Å². The highest BCUT2D eigenvalue weighted by atomic mass is 79.9. The van der Waals surface area contributed by atoms with Gasteiger partial charge in [0.25, 0.3) is 0 Å². The predicted molar refractivity (Wildman–Crippen MR) is 96.4 cm³/mol. The quantitative estimate of drug-likeness (QED) is 0.662. The number of nitrogens with two attached hydrogens (primary N) is 1. The van der Waals surface area contributed by atoms with E-state index in [-0.39, 0.29) is 5.91 Å². The van der Waals surface area contributed by atoms with Crippen LogP contribution in [0, 0.1) is 18.8 Å². The average molecular weight is 420 g/mol. The maximum absolute atomic E-state index is 12.1. The summed E-state index contributed by atoms with van der Waals surface area (Å²) in [6.07, 6.45) is 2.38. The van der Waals surface area contributed by atoms with Gasteiger partial charge in [0.15, 0.2) is 0 Å². The van der Waals surface area contributed by atoms with Crippen molar-refractivity contribution in [3.8, 4) is 0 Å². The second-order valence-corrected chi connectivity index (χ2v) is 7.48. The van der Waals surface area contributed by atoms with Crippen molar-refractivity contribution in [2.75, 3.05) is 11.9 Å². The van der Waals surface area contributed by atoms with Crippen LogP contribution < -0.4 is 11.1 Å². The third kappa shape index (κ3) is 6.09. The highest BCUT2D eigenvalue weighted by molar-refractivity contribution is 9.11. The van der Waals surface area contributed by atoms with Gasteiger partial charge < -0.3 is 11.1 Å². The highest BCUT2D eigenvalue weighted by Gasteiger charge is 2.16. The minimum atomic E-state index is 0.0444. The number of rotatable bonds is 7. The lowest BCUT2D eigenvalue weighted by atomic mass is 9.88. The molecule has 0 aliphatic heterocycles. The van der Waals surface area contributed by atoms with Crippen LogP contribution in [0.25, 0.3) is 0 Å². The molecule has 3 N–H and O–H groups in total. The van der Waals surface area contributed by atoms with Crippen molar-refractivity contribution in [2.24, 2.45) is 17.6 Å². The zero-order chi connectivity index (χ0) is 16.0. The minimum Gasteiger partial charge on any atom is -0.330 e. The number of nitrogens with one attached hydrogen (secondary N) is 1. The lowest BCUT2D eigenvalue weighted by molar-refractivity contribution is -0.116.